The molecule has 0 aliphatic carbocycles. The van der Waals surface area contributed by atoms with Gasteiger partial charge in [-0.05, 0) is 45.6 Å². The van der Waals surface area contributed by atoms with Gasteiger partial charge < -0.3 is 5.11 Å². The Morgan fingerprint density at radius 2 is 2.10 bits per heavy atom. The van der Waals surface area contributed by atoms with Crippen molar-refractivity contribution in [1.82, 2.24) is 4.72 Å². The first-order valence-electron chi connectivity index (χ1n) is 5.55. The maximum absolute atomic E-state index is 12.1. The summed E-state index contributed by atoms with van der Waals surface area (Å²) in [7, 11) is -3.76. The number of carboxylic acids is 1. The van der Waals surface area contributed by atoms with Crippen LogP contribution in [0.1, 0.15) is 15.2 Å². The Labute approximate surface area is 138 Å². The Morgan fingerprint density at radius 1 is 1.38 bits per heavy atom. The Morgan fingerprint density at radius 3 is 2.62 bits per heavy atom. The van der Waals surface area contributed by atoms with Crippen LogP contribution in [0.4, 0.5) is 0 Å². The van der Waals surface area contributed by atoms with Gasteiger partial charge in [-0.15, -0.1) is 11.3 Å². The molecule has 112 valence electrons. The molecule has 0 amide bonds. The lowest BCUT2D eigenvalue weighted by Crippen LogP contribution is -2.23. The first-order chi connectivity index (χ1) is 9.81. The van der Waals surface area contributed by atoms with E-state index >= 15 is 0 Å². The molecular formula is C12H9BrClNO4S2. The van der Waals surface area contributed by atoms with Gasteiger partial charge >= 0.3 is 5.97 Å². The highest BCUT2D eigenvalue weighted by Gasteiger charge is 2.18. The fourth-order valence-corrected chi connectivity index (χ4v) is 4.40. The van der Waals surface area contributed by atoms with Crippen molar-refractivity contribution in [3.8, 4) is 0 Å². The lowest BCUT2D eigenvalue weighted by atomic mass is 10.2. The van der Waals surface area contributed by atoms with Crippen LogP contribution in [0.5, 0.6) is 0 Å². The second kappa shape index (κ2) is 6.45. The normalized spacial score (nSPS) is 11.5. The molecule has 1 heterocycles. The van der Waals surface area contributed by atoms with Crippen molar-refractivity contribution in [2.24, 2.45) is 0 Å². The number of halogens is 2. The summed E-state index contributed by atoms with van der Waals surface area (Å²) in [4.78, 5) is 11.6. The van der Waals surface area contributed by atoms with Crippen molar-refractivity contribution in [3.05, 3.63) is 49.6 Å². The van der Waals surface area contributed by atoms with E-state index in [1.165, 1.54) is 23.5 Å². The number of sulfonamides is 1. The predicted molar refractivity (Wildman–Crippen MR) is 84.5 cm³/mol. The highest BCUT2D eigenvalue weighted by atomic mass is 79.9. The van der Waals surface area contributed by atoms with Crippen LogP contribution in [0.2, 0.25) is 5.02 Å². The minimum absolute atomic E-state index is 0.0785. The van der Waals surface area contributed by atoms with Gasteiger partial charge in [-0.2, -0.15) is 0 Å². The first kappa shape index (κ1) is 16.4. The van der Waals surface area contributed by atoms with Gasteiger partial charge in [0.15, 0.2) is 0 Å². The summed E-state index contributed by atoms with van der Waals surface area (Å²) in [5.74, 6) is -1.21. The molecule has 1 aromatic heterocycles. The standard InChI is InChI=1S/C12H9BrClNO4S2/c13-9-3-4-20-11(9)6-15-21(18,19)7-1-2-8(12(16)17)10(14)5-7/h1-5,15H,6H2,(H,16,17). The van der Waals surface area contributed by atoms with Crippen LogP contribution in [0.3, 0.4) is 0 Å². The molecule has 0 bridgehead atoms. The summed E-state index contributed by atoms with van der Waals surface area (Å²) in [5, 5.41) is 10.6. The summed E-state index contributed by atoms with van der Waals surface area (Å²) < 4.78 is 27.6. The Bertz CT molecular complexity index is 788. The number of thiophene rings is 1. The third-order valence-corrected chi connectivity index (χ3v) is 6.23. The number of rotatable bonds is 5. The van der Waals surface area contributed by atoms with Crippen LogP contribution in [0.15, 0.2) is 39.0 Å². The molecule has 0 atom stereocenters. The number of nitrogens with one attached hydrogen (secondary N) is 1. The highest BCUT2D eigenvalue weighted by molar-refractivity contribution is 9.10. The van der Waals surface area contributed by atoms with E-state index in [1.54, 1.807) is 0 Å². The molecule has 0 spiro atoms. The number of hydrogen-bond donors (Lipinski definition) is 2. The third-order valence-electron chi connectivity index (χ3n) is 2.60. The van der Waals surface area contributed by atoms with Gasteiger partial charge in [0, 0.05) is 15.9 Å². The zero-order chi connectivity index (χ0) is 15.6. The monoisotopic (exact) mass is 409 g/mol. The van der Waals surface area contributed by atoms with E-state index in [9.17, 15) is 13.2 Å². The van der Waals surface area contributed by atoms with Gasteiger partial charge in [-0.3, -0.25) is 0 Å². The molecule has 0 fully saturated rings. The molecule has 0 saturated carbocycles. The van der Waals surface area contributed by atoms with E-state index in [1.807, 2.05) is 11.4 Å². The lowest BCUT2D eigenvalue weighted by molar-refractivity contribution is 0.0697. The largest absolute Gasteiger partial charge is 0.478 e. The van der Waals surface area contributed by atoms with Crippen molar-refractivity contribution in [3.63, 3.8) is 0 Å². The van der Waals surface area contributed by atoms with Gasteiger partial charge in [-0.1, -0.05) is 11.6 Å². The highest BCUT2D eigenvalue weighted by Crippen LogP contribution is 2.24. The predicted octanol–water partition coefficient (Wildman–Crippen LogP) is 3.34. The molecule has 0 unspecified atom stereocenters. The quantitative estimate of drug-likeness (QED) is 0.792. The summed E-state index contributed by atoms with van der Waals surface area (Å²) >= 11 is 10.5. The average molecular weight is 411 g/mol. The van der Waals surface area contributed by atoms with Crippen LogP contribution in [-0.4, -0.2) is 19.5 Å². The molecule has 0 radical (unpaired) electrons. The third kappa shape index (κ3) is 3.83. The van der Waals surface area contributed by atoms with Crippen molar-refractivity contribution in [2.45, 2.75) is 11.4 Å². The first-order valence-corrected chi connectivity index (χ1v) is 9.09. The lowest BCUT2D eigenvalue weighted by Gasteiger charge is -2.07. The van der Waals surface area contributed by atoms with Gasteiger partial charge in [0.2, 0.25) is 10.0 Å². The number of benzene rings is 1. The van der Waals surface area contributed by atoms with Gasteiger partial charge in [0.05, 0.1) is 15.5 Å². The topological polar surface area (TPSA) is 83.5 Å². The molecule has 5 nitrogen and oxygen atoms in total. The van der Waals surface area contributed by atoms with E-state index in [0.29, 0.717) is 0 Å². The number of aromatic carboxylic acids is 1. The van der Waals surface area contributed by atoms with E-state index < -0.39 is 16.0 Å². The summed E-state index contributed by atoms with van der Waals surface area (Å²) in [6.45, 7) is 0.138. The minimum Gasteiger partial charge on any atom is -0.478 e. The molecule has 21 heavy (non-hydrogen) atoms. The molecule has 0 saturated heterocycles. The molecule has 1 aromatic carbocycles. The zero-order valence-electron chi connectivity index (χ0n) is 10.3. The van der Waals surface area contributed by atoms with Gasteiger partial charge in [-0.25, -0.2) is 17.9 Å². The number of hydrogen-bond acceptors (Lipinski definition) is 4. The Balaban J connectivity index is 2.22. The van der Waals surface area contributed by atoms with Crippen LogP contribution in [0, 0.1) is 0 Å². The molecule has 0 aliphatic rings. The average Bonchev–Trinajstić information content (AvgIpc) is 2.81. The second-order valence-corrected chi connectivity index (χ2v) is 7.99. The minimum atomic E-state index is -3.76. The van der Waals surface area contributed by atoms with Crippen molar-refractivity contribution in [2.75, 3.05) is 0 Å². The van der Waals surface area contributed by atoms with Gasteiger partial charge in [0.25, 0.3) is 0 Å². The molecule has 2 aromatic rings. The fourth-order valence-electron chi connectivity index (χ4n) is 1.53. The van der Waals surface area contributed by atoms with Crippen LogP contribution in [-0.2, 0) is 16.6 Å². The number of carboxylic acid groups (broad SMARTS) is 1. The van der Waals surface area contributed by atoms with E-state index in [2.05, 4.69) is 20.7 Å². The van der Waals surface area contributed by atoms with Crippen LogP contribution < -0.4 is 4.72 Å². The van der Waals surface area contributed by atoms with E-state index in [0.717, 1.165) is 15.4 Å². The molecule has 2 rings (SSSR count). The maximum atomic E-state index is 12.1. The summed E-state index contributed by atoms with van der Waals surface area (Å²) in [6.07, 6.45) is 0. The Kier molecular flexibility index (Phi) is 5.05. The zero-order valence-corrected chi connectivity index (χ0v) is 14.3. The molecular weight excluding hydrogens is 402 g/mol. The van der Waals surface area contributed by atoms with Crippen molar-refractivity contribution >= 4 is 54.9 Å². The molecule has 9 heteroatoms. The van der Waals surface area contributed by atoms with Crippen molar-refractivity contribution in [1.29, 1.82) is 0 Å². The Hall–Kier alpha value is -0.930. The molecule has 0 aliphatic heterocycles. The fraction of sp³-hybridized carbons (Fsp3) is 0.0833. The summed E-state index contributed by atoms with van der Waals surface area (Å²) in [6, 6.07) is 5.32. The van der Waals surface area contributed by atoms with E-state index in [4.69, 9.17) is 16.7 Å². The van der Waals surface area contributed by atoms with E-state index in [-0.39, 0.29) is 22.0 Å². The molecule has 2 N–H and O–H groups in total. The maximum Gasteiger partial charge on any atom is 0.337 e. The van der Waals surface area contributed by atoms with Crippen LogP contribution >= 0.6 is 38.9 Å². The summed E-state index contributed by atoms with van der Waals surface area (Å²) in [5.41, 5.74) is -0.142. The second-order valence-electron chi connectivity index (χ2n) is 3.96. The SMILES string of the molecule is O=C(O)c1ccc(S(=O)(=O)NCc2sccc2Br)cc1Cl. The number of carbonyl (C=O) groups is 1. The van der Waals surface area contributed by atoms with Crippen molar-refractivity contribution < 1.29 is 18.3 Å². The van der Waals surface area contributed by atoms with Crippen LogP contribution in [0.25, 0.3) is 0 Å². The smallest absolute Gasteiger partial charge is 0.337 e. The van der Waals surface area contributed by atoms with Gasteiger partial charge in [0.1, 0.15) is 0 Å².